The van der Waals surface area contributed by atoms with Crippen molar-refractivity contribution in [2.24, 2.45) is 5.92 Å². The van der Waals surface area contributed by atoms with Crippen molar-refractivity contribution < 1.29 is 0 Å². The van der Waals surface area contributed by atoms with E-state index in [9.17, 15) is 0 Å². The molecule has 0 spiro atoms. The predicted molar refractivity (Wildman–Crippen MR) is 90.5 cm³/mol. The van der Waals surface area contributed by atoms with Crippen LogP contribution in [0, 0.1) is 5.92 Å². The van der Waals surface area contributed by atoms with Gasteiger partial charge in [-0.05, 0) is 47.4 Å². The van der Waals surface area contributed by atoms with Crippen LogP contribution in [-0.2, 0) is 0 Å². The lowest BCUT2D eigenvalue weighted by atomic mass is 10.0. The number of hydrogen-bond donors (Lipinski definition) is 2. The summed E-state index contributed by atoms with van der Waals surface area (Å²) in [7, 11) is 0. The molecule has 2 aromatic rings. The first-order chi connectivity index (χ1) is 9.84. The van der Waals surface area contributed by atoms with Crippen LogP contribution in [0.15, 0.2) is 30.3 Å². The van der Waals surface area contributed by atoms with Gasteiger partial charge in [0.05, 0.1) is 5.56 Å². The second-order valence-electron chi connectivity index (χ2n) is 5.07. The highest BCUT2D eigenvalue weighted by Crippen LogP contribution is 2.37. The minimum Gasteiger partial charge on any atom is -0.382 e. The maximum absolute atomic E-state index is 6.04. The fourth-order valence-electron chi connectivity index (χ4n) is 2.49. The van der Waals surface area contributed by atoms with Gasteiger partial charge in [-0.25, -0.2) is 0 Å². The summed E-state index contributed by atoms with van der Waals surface area (Å²) in [5.41, 5.74) is 8.23. The molecular formula is C15H19N3S2. The summed E-state index contributed by atoms with van der Waals surface area (Å²) in [6, 6.07) is 10.3. The van der Waals surface area contributed by atoms with Crippen molar-refractivity contribution in [3.05, 3.63) is 30.3 Å². The van der Waals surface area contributed by atoms with Gasteiger partial charge in [-0.1, -0.05) is 30.3 Å². The quantitative estimate of drug-likeness (QED) is 0.898. The molecule has 0 amide bonds. The maximum Gasteiger partial charge on any atom is 0.147 e. The van der Waals surface area contributed by atoms with Crippen LogP contribution in [-0.4, -0.2) is 22.4 Å². The highest BCUT2D eigenvalue weighted by Gasteiger charge is 2.17. The summed E-state index contributed by atoms with van der Waals surface area (Å²) < 4.78 is 4.31. The normalized spacial score (nSPS) is 16.2. The van der Waals surface area contributed by atoms with E-state index >= 15 is 0 Å². The van der Waals surface area contributed by atoms with Crippen LogP contribution < -0.4 is 11.1 Å². The lowest BCUT2D eigenvalue weighted by Crippen LogP contribution is -2.18. The Bertz CT molecular complexity index is 548. The number of benzene rings is 1. The number of nitrogens with zero attached hydrogens (tertiary/aromatic N) is 1. The molecule has 1 aromatic heterocycles. The van der Waals surface area contributed by atoms with E-state index < -0.39 is 0 Å². The Morgan fingerprint density at radius 3 is 2.70 bits per heavy atom. The third-order valence-electron chi connectivity index (χ3n) is 3.67. The second kappa shape index (κ2) is 6.50. The monoisotopic (exact) mass is 305 g/mol. The number of hydrogen-bond acceptors (Lipinski definition) is 5. The number of anilines is 2. The minimum absolute atomic E-state index is 0.628. The average molecular weight is 305 g/mol. The van der Waals surface area contributed by atoms with Crippen molar-refractivity contribution >= 4 is 34.1 Å². The smallest absolute Gasteiger partial charge is 0.147 e. The molecule has 0 aliphatic carbocycles. The largest absolute Gasteiger partial charge is 0.382 e. The molecular weight excluding hydrogens is 286 g/mol. The molecule has 0 radical (unpaired) electrons. The fraction of sp³-hybridized carbons (Fsp3) is 0.400. The summed E-state index contributed by atoms with van der Waals surface area (Å²) in [5, 5.41) is 4.67. The van der Waals surface area contributed by atoms with Crippen LogP contribution in [0.3, 0.4) is 0 Å². The average Bonchev–Trinajstić information content (AvgIpc) is 2.88. The first-order valence-electron chi connectivity index (χ1n) is 6.97. The number of nitrogen functional groups attached to an aromatic ring is 1. The van der Waals surface area contributed by atoms with Gasteiger partial charge in [-0.15, -0.1) is 0 Å². The Kier molecular flexibility index (Phi) is 4.47. The zero-order valence-corrected chi connectivity index (χ0v) is 13.0. The predicted octanol–water partition coefficient (Wildman–Crippen LogP) is 3.95. The lowest BCUT2D eigenvalue weighted by Gasteiger charge is -2.21. The molecule has 0 atom stereocenters. The highest BCUT2D eigenvalue weighted by atomic mass is 32.2. The Balaban J connectivity index is 1.74. The van der Waals surface area contributed by atoms with Crippen LogP contribution in [0.25, 0.3) is 11.1 Å². The van der Waals surface area contributed by atoms with Crippen LogP contribution >= 0.6 is 23.3 Å². The summed E-state index contributed by atoms with van der Waals surface area (Å²) >= 11 is 3.54. The van der Waals surface area contributed by atoms with Gasteiger partial charge in [-0.2, -0.15) is 16.1 Å². The van der Waals surface area contributed by atoms with Gasteiger partial charge in [0.2, 0.25) is 0 Å². The van der Waals surface area contributed by atoms with Crippen molar-refractivity contribution in [1.82, 2.24) is 4.37 Å². The Morgan fingerprint density at radius 1 is 1.20 bits per heavy atom. The van der Waals surface area contributed by atoms with E-state index in [0.717, 1.165) is 28.6 Å². The zero-order valence-electron chi connectivity index (χ0n) is 11.3. The molecule has 3 N–H and O–H groups in total. The molecule has 3 nitrogen and oxygen atoms in total. The van der Waals surface area contributed by atoms with E-state index in [1.54, 1.807) is 0 Å². The first kappa shape index (κ1) is 13.8. The van der Waals surface area contributed by atoms with E-state index in [4.69, 9.17) is 5.73 Å². The van der Waals surface area contributed by atoms with Gasteiger partial charge < -0.3 is 11.1 Å². The Labute approximate surface area is 128 Å². The number of nitrogens with one attached hydrogen (secondary N) is 1. The van der Waals surface area contributed by atoms with Crippen molar-refractivity contribution in [3.8, 4) is 11.1 Å². The van der Waals surface area contributed by atoms with Crippen molar-refractivity contribution in [3.63, 3.8) is 0 Å². The van der Waals surface area contributed by atoms with Gasteiger partial charge >= 0.3 is 0 Å². The van der Waals surface area contributed by atoms with Crippen molar-refractivity contribution in [2.75, 3.05) is 29.1 Å². The standard InChI is InChI=1S/C15H19N3S2/c16-14-13(12-4-2-1-3-5-12)15(20-18-14)17-10-11-6-8-19-9-7-11/h1-5,11,17H,6-10H2,(H2,16,18). The molecule has 106 valence electrons. The van der Waals surface area contributed by atoms with Crippen molar-refractivity contribution in [1.29, 1.82) is 0 Å². The molecule has 0 bridgehead atoms. The minimum atomic E-state index is 0.628. The second-order valence-corrected chi connectivity index (χ2v) is 7.07. The summed E-state index contributed by atoms with van der Waals surface area (Å²) in [6.45, 7) is 1.03. The molecule has 1 fully saturated rings. The molecule has 20 heavy (non-hydrogen) atoms. The van der Waals surface area contributed by atoms with Crippen LogP contribution in [0.1, 0.15) is 12.8 Å². The van der Waals surface area contributed by atoms with E-state index in [2.05, 4.69) is 33.6 Å². The molecule has 1 saturated heterocycles. The first-order valence-corrected chi connectivity index (χ1v) is 8.89. The SMILES string of the molecule is Nc1nsc(NCC2CCSCC2)c1-c1ccccc1. The Hall–Kier alpha value is -1.20. The van der Waals surface area contributed by atoms with Crippen LogP contribution in [0.5, 0.6) is 0 Å². The number of rotatable bonds is 4. The van der Waals surface area contributed by atoms with Crippen LogP contribution in [0.4, 0.5) is 10.8 Å². The van der Waals surface area contributed by atoms with Crippen LogP contribution in [0.2, 0.25) is 0 Å². The van der Waals surface area contributed by atoms with Gasteiger partial charge in [0, 0.05) is 6.54 Å². The number of thioether (sulfide) groups is 1. The zero-order chi connectivity index (χ0) is 13.8. The molecule has 1 aromatic carbocycles. The van der Waals surface area contributed by atoms with Crippen molar-refractivity contribution in [2.45, 2.75) is 12.8 Å². The van der Waals surface area contributed by atoms with Gasteiger partial charge in [0.25, 0.3) is 0 Å². The van der Waals surface area contributed by atoms with Gasteiger partial charge in [0.1, 0.15) is 10.8 Å². The number of nitrogens with two attached hydrogens (primary N) is 1. The van der Waals surface area contributed by atoms with Gasteiger partial charge in [-0.3, -0.25) is 0 Å². The van der Waals surface area contributed by atoms with Gasteiger partial charge in [0.15, 0.2) is 0 Å². The fourth-order valence-corrected chi connectivity index (χ4v) is 4.44. The summed E-state index contributed by atoms with van der Waals surface area (Å²) in [4.78, 5) is 0. The van der Waals surface area contributed by atoms with E-state index in [1.165, 1.54) is 35.9 Å². The molecule has 2 heterocycles. The van der Waals surface area contributed by atoms with E-state index in [1.807, 2.05) is 18.2 Å². The van der Waals surface area contributed by atoms with E-state index in [0.29, 0.717) is 5.82 Å². The summed E-state index contributed by atoms with van der Waals surface area (Å²) in [6.07, 6.45) is 2.62. The third-order valence-corrected chi connectivity index (χ3v) is 5.54. The molecule has 3 rings (SSSR count). The molecule has 1 aliphatic heterocycles. The topological polar surface area (TPSA) is 50.9 Å². The van der Waals surface area contributed by atoms with E-state index in [-0.39, 0.29) is 0 Å². The lowest BCUT2D eigenvalue weighted by molar-refractivity contribution is 0.516. The molecule has 1 aliphatic rings. The maximum atomic E-state index is 6.04. The third kappa shape index (κ3) is 3.10. The molecule has 0 saturated carbocycles. The summed E-state index contributed by atoms with van der Waals surface area (Å²) in [5.74, 6) is 4.00. The molecule has 5 heteroatoms. The molecule has 0 unspecified atom stereocenters. The highest BCUT2D eigenvalue weighted by molar-refractivity contribution is 7.99. The Morgan fingerprint density at radius 2 is 1.95 bits per heavy atom. The number of aromatic nitrogens is 1.